The topological polar surface area (TPSA) is 145 Å². The number of rotatable bonds is 6. The summed E-state index contributed by atoms with van der Waals surface area (Å²) in [6.07, 6.45) is 1.65. The molecule has 0 saturated carbocycles. The molecule has 0 aliphatic carbocycles. The van der Waals surface area contributed by atoms with E-state index >= 15 is 0 Å². The molecular formula is C11H18N2O7. The SMILES string of the molecule is C=CC(=O)ONC(CO)(CO)CO.O=C1CCC(=O)N1. The van der Waals surface area contributed by atoms with Crippen molar-refractivity contribution in [2.24, 2.45) is 0 Å². The van der Waals surface area contributed by atoms with E-state index < -0.39 is 31.3 Å². The van der Waals surface area contributed by atoms with Gasteiger partial charge in [-0.2, -0.15) is 0 Å². The normalized spacial score (nSPS) is 14.2. The number of nitrogens with one attached hydrogen (secondary N) is 2. The molecule has 1 heterocycles. The van der Waals surface area contributed by atoms with Crippen LogP contribution < -0.4 is 10.8 Å². The van der Waals surface area contributed by atoms with Crippen LogP contribution in [0.3, 0.4) is 0 Å². The number of amides is 2. The summed E-state index contributed by atoms with van der Waals surface area (Å²) in [5.74, 6) is -1.06. The molecule has 0 bridgehead atoms. The first-order chi connectivity index (χ1) is 9.42. The number of carbonyl (C=O) groups excluding carboxylic acids is 3. The van der Waals surface area contributed by atoms with Crippen molar-refractivity contribution in [2.45, 2.75) is 18.4 Å². The summed E-state index contributed by atoms with van der Waals surface area (Å²) in [5, 5.41) is 28.4. The lowest BCUT2D eigenvalue weighted by Gasteiger charge is -2.26. The number of hydroxylamine groups is 1. The fraction of sp³-hybridized carbons (Fsp3) is 0.545. The number of hydrogen-bond acceptors (Lipinski definition) is 8. The van der Waals surface area contributed by atoms with Gasteiger partial charge in [0, 0.05) is 18.9 Å². The molecule has 1 rings (SSSR count). The monoisotopic (exact) mass is 290 g/mol. The third kappa shape index (κ3) is 6.38. The molecule has 0 aromatic rings. The van der Waals surface area contributed by atoms with E-state index in [2.05, 4.69) is 22.2 Å². The van der Waals surface area contributed by atoms with Crippen LogP contribution >= 0.6 is 0 Å². The fourth-order valence-corrected chi connectivity index (χ4v) is 0.955. The fourth-order valence-electron chi connectivity index (χ4n) is 0.955. The molecule has 9 heteroatoms. The average Bonchev–Trinajstić information content (AvgIpc) is 2.85. The van der Waals surface area contributed by atoms with Crippen molar-refractivity contribution in [3.05, 3.63) is 12.7 Å². The van der Waals surface area contributed by atoms with Gasteiger partial charge in [-0.25, -0.2) is 4.79 Å². The number of aliphatic hydroxyl groups excluding tert-OH is 3. The first-order valence-corrected chi connectivity index (χ1v) is 5.68. The summed E-state index contributed by atoms with van der Waals surface area (Å²) in [4.78, 5) is 35.1. The molecule has 0 radical (unpaired) electrons. The van der Waals surface area contributed by atoms with Crippen LogP contribution in [0.25, 0.3) is 0 Å². The Balaban J connectivity index is 0.000000428. The summed E-state index contributed by atoms with van der Waals surface area (Å²) < 4.78 is 0. The van der Waals surface area contributed by atoms with Crippen molar-refractivity contribution in [2.75, 3.05) is 19.8 Å². The lowest BCUT2D eigenvalue weighted by molar-refractivity contribution is -0.155. The number of carbonyl (C=O) groups is 3. The number of imide groups is 1. The minimum absolute atomic E-state index is 0.148. The summed E-state index contributed by atoms with van der Waals surface area (Å²) in [6.45, 7) is 1.44. The molecule has 0 aromatic carbocycles. The van der Waals surface area contributed by atoms with Crippen LogP contribution in [0, 0.1) is 0 Å². The second-order valence-corrected chi connectivity index (χ2v) is 3.95. The van der Waals surface area contributed by atoms with Crippen LogP contribution in [-0.4, -0.2) is 58.5 Å². The van der Waals surface area contributed by atoms with Crippen LogP contribution in [0.1, 0.15) is 12.8 Å². The third-order valence-corrected chi connectivity index (χ3v) is 2.30. The Morgan fingerprint density at radius 1 is 1.25 bits per heavy atom. The molecule has 1 aliphatic heterocycles. The van der Waals surface area contributed by atoms with E-state index in [0.717, 1.165) is 6.08 Å². The van der Waals surface area contributed by atoms with Crippen molar-refractivity contribution >= 4 is 17.8 Å². The molecule has 20 heavy (non-hydrogen) atoms. The lowest BCUT2D eigenvalue weighted by atomic mass is 10.1. The maximum atomic E-state index is 10.6. The summed E-state index contributed by atoms with van der Waals surface area (Å²) >= 11 is 0. The van der Waals surface area contributed by atoms with Crippen LogP contribution in [-0.2, 0) is 19.2 Å². The van der Waals surface area contributed by atoms with Crippen molar-refractivity contribution in [1.29, 1.82) is 0 Å². The predicted octanol–water partition coefficient (Wildman–Crippen LogP) is -2.64. The first kappa shape index (κ1) is 18.2. The van der Waals surface area contributed by atoms with Crippen molar-refractivity contribution < 1.29 is 34.5 Å². The Labute approximate surface area is 115 Å². The van der Waals surface area contributed by atoms with Gasteiger partial charge in [0.1, 0.15) is 5.54 Å². The first-order valence-electron chi connectivity index (χ1n) is 5.68. The molecule has 114 valence electrons. The zero-order valence-corrected chi connectivity index (χ0v) is 10.8. The lowest BCUT2D eigenvalue weighted by Crippen LogP contribution is -2.55. The van der Waals surface area contributed by atoms with Crippen LogP contribution in [0.2, 0.25) is 0 Å². The average molecular weight is 290 g/mol. The van der Waals surface area contributed by atoms with Gasteiger partial charge in [0.05, 0.1) is 19.8 Å². The van der Waals surface area contributed by atoms with Crippen LogP contribution in [0.5, 0.6) is 0 Å². The van der Waals surface area contributed by atoms with Gasteiger partial charge in [-0.05, 0) is 0 Å². The van der Waals surface area contributed by atoms with Gasteiger partial charge in [-0.1, -0.05) is 6.58 Å². The molecule has 1 saturated heterocycles. The van der Waals surface area contributed by atoms with Crippen molar-refractivity contribution in [1.82, 2.24) is 10.8 Å². The molecule has 0 aromatic heterocycles. The van der Waals surface area contributed by atoms with Gasteiger partial charge >= 0.3 is 5.97 Å². The third-order valence-electron chi connectivity index (χ3n) is 2.30. The van der Waals surface area contributed by atoms with E-state index in [0.29, 0.717) is 12.8 Å². The van der Waals surface area contributed by atoms with Crippen molar-refractivity contribution in [3.63, 3.8) is 0 Å². The zero-order chi connectivity index (χ0) is 15.6. The van der Waals surface area contributed by atoms with Gasteiger partial charge in [-0.15, -0.1) is 5.48 Å². The highest BCUT2D eigenvalue weighted by Crippen LogP contribution is 2.01. The summed E-state index contributed by atoms with van der Waals surface area (Å²) in [5.41, 5.74) is 0.644. The van der Waals surface area contributed by atoms with Crippen LogP contribution in [0.4, 0.5) is 0 Å². The van der Waals surface area contributed by atoms with Crippen molar-refractivity contribution in [3.8, 4) is 0 Å². The molecular weight excluding hydrogens is 272 g/mol. The molecule has 1 aliphatic rings. The van der Waals surface area contributed by atoms with E-state index in [1.807, 2.05) is 0 Å². The minimum atomic E-state index is -1.42. The molecule has 9 nitrogen and oxygen atoms in total. The van der Waals surface area contributed by atoms with Gasteiger partial charge in [-0.3, -0.25) is 14.9 Å². The largest absolute Gasteiger partial charge is 0.394 e. The molecule has 2 amide bonds. The maximum Gasteiger partial charge on any atom is 0.348 e. The Morgan fingerprint density at radius 3 is 1.95 bits per heavy atom. The van der Waals surface area contributed by atoms with Gasteiger partial charge < -0.3 is 20.2 Å². The maximum absolute atomic E-state index is 10.6. The summed E-state index contributed by atoms with van der Waals surface area (Å²) in [6, 6.07) is 0. The molecule has 0 spiro atoms. The van der Waals surface area contributed by atoms with E-state index in [1.165, 1.54) is 0 Å². The second kappa shape index (κ2) is 9.15. The zero-order valence-electron chi connectivity index (χ0n) is 10.8. The van der Waals surface area contributed by atoms with E-state index in [-0.39, 0.29) is 11.8 Å². The highest BCUT2D eigenvalue weighted by atomic mass is 16.7. The second-order valence-electron chi connectivity index (χ2n) is 3.95. The van der Waals surface area contributed by atoms with Gasteiger partial charge in [0.25, 0.3) is 0 Å². The Kier molecular flexibility index (Phi) is 8.32. The molecule has 5 N–H and O–H groups in total. The molecule has 0 unspecified atom stereocenters. The Morgan fingerprint density at radius 2 is 1.70 bits per heavy atom. The molecule has 0 atom stereocenters. The van der Waals surface area contributed by atoms with E-state index in [4.69, 9.17) is 15.3 Å². The van der Waals surface area contributed by atoms with Gasteiger partial charge in [0.2, 0.25) is 11.8 Å². The summed E-state index contributed by atoms with van der Waals surface area (Å²) in [7, 11) is 0. The highest BCUT2D eigenvalue weighted by Gasteiger charge is 2.29. The number of hydrogen-bond donors (Lipinski definition) is 5. The minimum Gasteiger partial charge on any atom is -0.394 e. The Bertz CT molecular complexity index is 344. The molecule has 1 fully saturated rings. The highest BCUT2D eigenvalue weighted by molar-refractivity contribution is 6.01. The van der Waals surface area contributed by atoms with Crippen LogP contribution in [0.15, 0.2) is 12.7 Å². The van der Waals surface area contributed by atoms with Gasteiger partial charge in [0.15, 0.2) is 0 Å². The smallest absolute Gasteiger partial charge is 0.348 e. The Hall–Kier alpha value is -1.81. The van der Waals surface area contributed by atoms with E-state index in [1.54, 1.807) is 0 Å². The quantitative estimate of drug-likeness (QED) is 0.203. The standard InChI is InChI=1S/C7H13NO5.C4H5NO2/c1-2-6(12)13-8-7(3-9,4-10)5-11;6-3-1-2-4(7)5-3/h2,8-11H,1,3-5H2;1-2H2,(H,5,6,7). The predicted molar refractivity (Wildman–Crippen MR) is 65.8 cm³/mol. The van der Waals surface area contributed by atoms with E-state index in [9.17, 15) is 14.4 Å². The number of aliphatic hydroxyl groups is 3.